The van der Waals surface area contributed by atoms with Gasteiger partial charge >= 0.3 is 0 Å². The summed E-state index contributed by atoms with van der Waals surface area (Å²) in [5.74, 6) is 1.43. The third kappa shape index (κ3) is 7.26. The van der Waals surface area contributed by atoms with Crippen molar-refractivity contribution in [3.05, 3.63) is 64.7 Å². The molecule has 2 rings (SSSR count). The molecule has 2 aromatic rings. The highest BCUT2D eigenvalue weighted by Gasteiger charge is 2.23. The molecule has 0 aliphatic rings. The van der Waals surface area contributed by atoms with Gasteiger partial charge < -0.3 is 16.0 Å². The molecule has 0 aromatic heterocycles. The standard InChI is InChI=1S/C23H24ClN3O3/c1-4-16-6-5-7-19(13-16)26-21(28)14-25-23(30)20(12-15(2)3)27-22(29)17-8-10-18(24)11-9-17/h1,5-11,13,15,20H,12,14H2,2-3H3,(H,25,30)(H,26,28)(H,27,29). The minimum Gasteiger partial charge on any atom is -0.345 e. The van der Waals surface area contributed by atoms with Gasteiger partial charge in [-0.05, 0) is 54.8 Å². The maximum Gasteiger partial charge on any atom is 0.251 e. The fourth-order valence-electron chi connectivity index (χ4n) is 2.73. The summed E-state index contributed by atoms with van der Waals surface area (Å²) in [6.45, 7) is 3.66. The number of carbonyl (C=O) groups excluding carboxylic acids is 3. The Hall–Kier alpha value is -3.30. The molecule has 0 saturated heterocycles. The molecule has 0 heterocycles. The van der Waals surface area contributed by atoms with Crippen molar-refractivity contribution >= 4 is 35.0 Å². The largest absolute Gasteiger partial charge is 0.345 e. The summed E-state index contributed by atoms with van der Waals surface area (Å²) < 4.78 is 0. The van der Waals surface area contributed by atoms with Gasteiger partial charge in [-0.3, -0.25) is 14.4 Å². The molecule has 2 aromatic carbocycles. The minimum atomic E-state index is -0.772. The summed E-state index contributed by atoms with van der Waals surface area (Å²) in [5, 5.41) is 8.49. The Kier molecular flexibility index (Phi) is 8.45. The van der Waals surface area contributed by atoms with Crippen LogP contribution >= 0.6 is 11.6 Å². The number of benzene rings is 2. The van der Waals surface area contributed by atoms with Crippen LogP contribution in [0.2, 0.25) is 5.02 Å². The number of amides is 3. The number of terminal acetylenes is 1. The molecule has 3 N–H and O–H groups in total. The van der Waals surface area contributed by atoms with E-state index in [4.69, 9.17) is 18.0 Å². The molecule has 0 radical (unpaired) electrons. The maximum absolute atomic E-state index is 12.6. The number of nitrogens with one attached hydrogen (secondary N) is 3. The van der Waals surface area contributed by atoms with Gasteiger partial charge in [0.15, 0.2) is 0 Å². The van der Waals surface area contributed by atoms with Gasteiger partial charge in [-0.15, -0.1) is 6.42 Å². The van der Waals surface area contributed by atoms with Crippen LogP contribution < -0.4 is 16.0 Å². The highest BCUT2D eigenvalue weighted by molar-refractivity contribution is 6.30. The van der Waals surface area contributed by atoms with E-state index in [0.717, 1.165) is 0 Å². The SMILES string of the molecule is C#Cc1cccc(NC(=O)CNC(=O)C(CC(C)C)NC(=O)c2ccc(Cl)cc2)c1. The van der Waals surface area contributed by atoms with E-state index in [9.17, 15) is 14.4 Å². The van der Waals surface area contributed by atoms with Gasteiger partial charge in [0.2, 0.25) is 11.8 Å². The van der Waals surface area contributed by atoms with Crippen LogP contribution in [0.3, 0.4) is 0 Å². The lowest BCUT2D eigenvalue weighted by Crippen LogP contribution is -2.49. The number of carbonyl (C=O) groups is 3. The molecule has 0 aliphatic heterocycles. The molecule has 7 heteroatoms. The van der Waals surface area contributed by atoms with Crippen LogP contribution in [0.4, 0.5) is 5.69 Å². The molecule has 0 fully saturated rings. The van der Waals surface area contributed by atoms with Crippen molar-refractivity contribution in [2.75, 3.05) is 11.9 Å². The lowest BCUT2D eigenvalue weighted by atomic mass is 10.0. The van der Waals surface area contributed by atoms with E-state index in [1.54, 1.807) is 48.5 Å². The molecule has 0 bridgehead atoms. The second kappa shape index (κ2) is 11.0. The number of anilines is 1. The van der Waals surface area contributed by atoms with Gasteiger partial charge in [0, 0.05) is 21.8 Å². The summed E-state index contributed by atoms with van der Waals surface area (Å²) in [7, 11) is 0. The monoisotopic (exact) mass is 425 g/mol. The van der Waals surface area contributed by atoms with E-state index in [-0.39, 0.29) is 18.4 Å². The molecular formula is C23H24ClN3O3. The van der Waals surface area contributed by atoms with Crippen molar-refractivity contribution in [1.29, 1.82) is 0 Å². The Morgan fingerprint density at radius 1 is 1.10 bits per heavy atom. The van der Waals surface area contributed by atoms with Crippen LogP contribution in [0.5, 0.6) is 0 Å². The number of hydrogen-bond acceptors (Lipinski definition) is 3. The maximum atomic E-state index is 12.6. The van der Waals surface area contributed by atoms with Crippen LogP contribution in [0.15, 0.2) is 48.5 Å². The molecule has 30 heavy (non-hydrogen) atoms. The normalized spacial score (nSPS) is 11.3. The molecular weight excluding hydrogens is 402 g/mol. The highest BCUT2D eigenvalue weighted by atomic mass is 35.5. The first-order valence-electron chi connectivity index (χ1n) is 9.49. The van der Waals surface area contributed by atoms with E-state index in [2.05, 4.69) is 21.9 Å². The Bertz CT molecular complexity index is 949. The summed E-state index contributed by atoms with van der Waals surface area (Å²) in [6, 6.07) is 12.4. The summed E-state index contributed by atoms with van der Waals surface area (Å²) in [6.07, 6.45) is 5.78. The van der Waals surface area contributed by atoms with Crippen LogP contribution in [0, 0.1) is 18.3 Å². The van der Waals surface area contributed by atoms with Crippen molar-refractivity contribution in [3.8, 4) is 12.3 Å². The minimum absolute atomic E-state index is 0.159. The first kappa shape index (κ1) is 23.0. The van der Waals surface area contributed by atoms with Gasteiger partial charge in [-0.25, -0.2) is 0 Å². The van der Waals surface area contributed by atoms with Crippen LogP contribution in [-0.4, -0.2) is 30.3 Å². The quantitative estimate of drug-likeness (QED) is 0.567. The zero-order chi connectivity index (χ0) is 22.1. The summed E-state index contributed by atoms with van der Waals surface area (Å²) in [4.78, 5) is 37.2. The van der Waals surface area contributed by atoms with E-state index in [1.165, 1.54) is 0 Å². The predicted octanol–water partition coefficient (Wildman–Crippen LogP) is 3.22. The molecule has 6 nitrogen and oxygen atoms in total. The van der Waals surface area contributed by atoms with E-state index < -0.39 is 17.9 Å². The third-order valence-corrected chi connectivity index (χ3v) is 4.42. The molecule has 1 unspecified atom stereocenters. The van der Waals surface area contributed by atoms with Crippen LogP contribution in [0.1, 0.15) is 36.2 Å². The summed E-state index contributed by atoms with van der Waals surface area (Å²) >= 11 is 5.84. The van der Waals surface area contributed by atoms with E-state index in [0.29, 0.717) is 28.3 Å². The molecule has 1 atom stereocenters. The first-order valence-corrected chi connectivity index (χ1v) is 9.87. The Morgan fingerprint density at radius 2 is 1.80 bits per heavy atom. The topological polar surface area (TPSA) is 87.3 Å². The van der Waals surface area contributed by atoms with E-state index >= 15 is 0 Å². The Balaban J connectivity index is 1.95. The lowest BCUT2D eigenvalue weighted by molar-refractivity contribution is -0.125. The van der Waals surface area contributed by atoms with Gasteiger partial charge in [-0.2, -0.15) is 0 Å². The average molecular weight is 426 g/mol. The fourth-order valence-corrected chi connectivity index (χ4v) is 2.85. The third-order valence-electron chi connectivity index (χ3n) is 4.17. The van der Waals surface area contributed by atoms with Gasteiger partial charge in [0.25, 0.3) is 5.91 Å². The summed E-state index contributed by atoms with van der Waals surface area (Å²) in [5.41, 5.74) is 1.57. The van der Waals surface area contributed by atoms with Crippen molar-refractivity contribution in [2.45, 2.75) is 26.3 Å². The smallest absolute Gasteiger partial charge is 0.251 e. The number of rotatable bonds is 8. The van der Waals surface area contributed by atoms with Crippen molar-refractivity contribution in [3.63, 3.8) is 0 Å². The van der Waals surface area contributed by atoms with Crippen molar-refractivity contribution in [2.24, 2.45) is 5.92 Å². The lowest BCUT2D eigenvalue weighted by Gasteiger charge is -2.20. The zero-order valence-electron chi connectivity index (χ0n) is 16.9. The van der Waals surface area contributed by atoms with Gasteiger partial charge in [-0.1, -0.05) is 37.4 Å². The van der Waals surface area contributed by atoms with Crippen molar-refractivity contribution < 1.29 is 14.4 Å². The first-order chi connectivity index (χ1) is 14.3. The molecule has 3 amide bonds. The zero-order valence-corrected chi connectivity index (χ0v) is 17.6. The van der Waals surface area contributed by atoms with Crippen molar-refractivity contribution in [1.82, 2.24) is 10.6 Å². The van der Waals surface area contributed by atoms with Gasteiger partial charge in [0.05, 0.1) is 6.54 Å². The second-order valence-electron chi connectivity index (χ2n) is 7.15. The number of halogens is 1. The van der Waals surface area contributed by atoms with Gasteiger partial charge in [0.1, 0.15) is 6.04 Å². The van der Waals surface area contributed by atoms with Crippen LogP contribution in [0.25, 0.3) is 0 Å². The second-order valence-corrected chi connectivity index (χ2v) is 7.59. The van der Waals surface area contributed by atoms with E-state index in [1.807, 2.05) is 13.8 Å². The highest BCUT2D eigenvalue weighted by Crippen LogP contribution is 2.12. The molecule has 0 spiro atoms. The molecule has 156 valence electrons. The molecule has 0 aliphatic carbocycles. The fraction of sp³-hybridized carbons (Fsp3) is 0.261. The Labute approximate surface area is 181 Å². The number of hydrogen-bond donors (Lipinski definition) is 3. The average Bonchev–Trinajstić information content (AvgIpc) is 2.71. The molecule has 0 saturated carbocycles. The van der Waals surface area contributed by atoms with Crippen LogP contribution in [-0.2, 0) is 9.59 Å². The Morgan fingerprint density at radius 3 is 2.43 bits per heavy atom. The predicted molar refractivity (Wildman–Crippen MR) is 118 cm³/mol.